The summed E-state index contributed by atoms with van der Waals surface area (Å²) in [7, 11) is 0. The van der Waals surface area contributed by atoms with Crippen molar-refractivity contribution in [3.63, 3.8) is 0 Å². The average Bonchev–Trinajstić information content (AvgIpc) is 2.71. The van der Waals surface area contributed by atoms with E-state index in [2.05, 4.69) is 29.5 Å². The molecule has 0 saturated heterocycles. The molecule has 1 heterocycles. The third-order valence-corrected chi connectivity index (χ3v) is 2.87. The molecule has 1 aromatic heterocycles. The lowest BCUT2D eigenvalue weighted by atomic mass is 10.1. The first-order chi connectivity index (χ1) is 8.65. The predicted molar refractivity (Wildman–Crippen MR) is 71.1 cm³/mol. The van der Waals surface area contributed by atoms with Gasteiger partial charge in [0, 0.05) is 12.2 Å². The maximum absolute atomic E-state index is 11.9. The van der Waals surface area contributed by atoms with Gasteiger partial charge in [0.05, 0.1) is 5.69 Å². The van der Waals surface area contributed by atoms with E-state index in [4.69, 9.17) is 0 Å². The number of nitrogens with zero attached hydrogens (tertiary/aromatic N) is 3. The molecule has 1 aromatic rings. The van der Waals surface area contributed by atoms with Gasteiger partial charge >= 0.3 is 0 Å². The highest BCUT2D eigenvalue weighted by atomic mass is 16.2. The SMILES string of the molecule is CCCCC(CCC)NC(=O)Cn1cc(C)nn1. The number of nitrogens with one attached hydrogen (secondary N) is 1. The summed E-state index contributed by atoms with van der Waals surface area (Å²) in [5, 5.41) is 10.8. The summed E-state index contributed by atoms with van der Waals surface area (Å²) in [5.74, 6) is 0.0226. The molecule has 0 fully saturated rings. The molecule has 5 nitrogen and oxygen atoms in total. The monoisotopic (exact) mass is 252 g/mol. The number of aromatic nitrogens is 3. The van der Waals surface area contributed by atoms with Gasteiger partial charge in [0.25, 0.3) is 0 Å². The highest BCUT2D eigenvalue weighted by Crippen LogP contribution is 2.06. The molecule has 1 amide bonds. The Balaban J connectivity index is 2.40. The minimum Gasteiger partial charge on any atom is -0.352 e. The van der Waals surface area contributed by atoms with Gasteiger partial charge in [-0.3, -0.25) is 4.79 Å². The van der Waals surface area contributed by atoms with E-state index in [1.807, 2.05) is 6.92 Å². The third-order valence-electron chi connectivity index (χ3n) is 2.87. The zero-order valence-electron chi connectivity index (χ0n) is 11.6. The number of amides is 1. The Morgan fingerprint density at radius 3 is 2.72 bits per heavy atom. The summed E-state index contributed by atoms with van der Waals surface area (Å²) in [5.41, 5.74) is 0.832. The second-order valence-electron chi connectivity index (χ2n) is 4.75. The number of unbranched alkanes of at least 4 members (excludes halogenated alkanes) is 1. The summed E-state index contributed by atoms with van der Waals surface area (Å²) in [6, 6.07) is 0.298. The predicted octanol–water partition coefficient (Wildman–Crippen LogP) is 2.06. The first kappa shape index (κ1) is 14.7. The second kappa shape index (κ2) is 7.84. The van der Waals surface area contributed by atoms with Crippen LogP contribution in [0.15, 0.2) is 6.20 Å². The standard InChI is InChI=1S/C13H24N4O/c1-4-6-8-12(7-5-2)14-13(18)10-17-9-11(3)15-16-17/h9,12H,4-8,10H2,1-3H3,(H,14,18). The number of rotatable bonds is 8. The Morgan fingerprint density at radius 1 is 1.39 bits per heavy atom. The van der Waals surface area contributed by atoms with Crippen LogP contribution in [0.3, 0.4) is 0 Å². The van der Waals surface area contributed by atoms with Crippen molar-refractivity contribution in [3.05, 3.63) is 11.9 Å². The van der Waals surface area contributed by atoms with Crippen molar-refractivity contribution in [2.45, 2.75) is 65.5 Å². The van der Waals surface area contributed by atoms with Crippen molar-refractivity contribution in [2.24, 2.45) is 0 Å². The molecular formula is C13H24N4O. The van der Waals surface area contributed by atoms with Gasteiger partial charge in [-0.15, -0.1) is 5.10 Å². The number of hydrogen-bond donors (Lipinski definition) is 1. The quantitative estimate of drug-likeness (QED) is 0.770. The second-order valence-corrected chi connectivity index (χ2v) is 4.75. The van der Waals surface area contributed by atoms with Crippen LogP contribution >= 0.6 is 0 Å². The first-order valence-corrected chi connectivity index (χ1v) is 6.81. The molecule has 18 heavy (non-hydrogen) atoms. The molecule has 0 saturated carbocycles. The van der Waals surface area contributed by atoms with Crippen molar-refractivity contribution < 1.29 is 4.79 Å². The first-order valence-electron chi connectivity index (χ1n) is 6.81. The highest BCUT2D eigenvalue weighted by Gasteiger charge is 2.11. The van der Waals surface area contributed by atoms with E-state index in [0.717, 1.165) is 31.4 Å². The minimum absolute atomic E-state index is 0.0226. The van der Waals surface area contributed by atoms with Crippen LogP contribution in [0.2, 0.25) is 0 Å². The van der Waals surface area contributed by atoms with Gasteiger partial charge in [0.15, 0.2) is 0 Å². The van der Waals surface area contributed by atoms with Gasteiger partial charge in [0.1, 0.15) is 6.54 Å². The van der Waals surface area contributed by atoms with Crippen molar-refractivity contribution in [1.29, 1.82) is 0 Å². The topological polar surface area (TPSA) is 59.8 Å². The van der Waals surface area contributed by atoms with Crippen LogP contribution in [0.5, 0.6) is 0 Å². The number of carbonyl (C=O) groups excluding carboxylic acids is 1. The molecule has 5 heteroatoms. The molecule has 0 bridgehead atoms. The average molecular weight is 252 g/mol. The molecule has 1 N–H and O–H groups in total. The maximum Gasteiger partial charge on any atom is 0.242 e. The Morgan fingerprint density at radius 2 is 2.17 bits per heavy atom. The lowest BCUT2D eigenvalue weighted by molar-refractivity contribution is -0.122. The van der Waals surface area contributed by atoms with Gasteiger partial charge in [-0.1, -0.05) is 38.3 Å². The molecule has 0 aliphatic heterocycles. The minimum atomic E-state index is 0.0226. The Kier molecular flexibility index (Phi) is 6.39. The van der Waals surface area contributed by atoms with Gasteiger partial charge in [0.2, 0.25) is 5.91 Å². The van der Waals surface area contributed by atoms with E-state index in [9.17, 15) is 4.79 Å². The van der Waals surface area contributed by atoms with Crippen molar-refractivity contribution in [3.8, 4) is 0 Å². The van der Waals surface area contributed by atoms with Crippen LogP contribution in [0.4, 0.5) is 0 Å². The van der Waals surface area contributed by atoms with Gasteiger partial charge in [-0.05, 0) is 19.8 Å². The van der Waals surface area contributed by atoms with E-state index in [0.29, 0.717) is 6.04 Å². The van der Waals surface area contributed by atoms with E-state index in [-0.39, 0.29) is 12.5 Å². The van der Waals surface area contributed by atoms with Crippen molar-refractivity contribution in [1.82, 2.24) is 20.3 Å². The van der Waals surface area contributed by atoms with Crippen LogP contribution in [-0.2, 0) is 11.3 Å². The molecule has 0 aliphatic carbocycles. The summed E-state index contributed by atoms with van der Waals surface area (Å²) in [6.45, 7) is 6.44. The Bertz CT molecular complexity index is 362. The maximum atomic E-state index is 11.9. The fourth-order valence-electron chi connectivity index (χ4n) is 1.98. The van der Waals surface area contributed by atoms with Crippen LogP contribution in [-0.4, -0.2) is 26.9 Å². The van der Waals surface area contributed by atoms with E-state index < -0.39 is 0 Å². The smallest absolute Gasteiger partial charge is 0.242 e. The lowest BCUT2D eigenvalue weighted by Crippen LogP contribution is -2.37. The third kappa shape index (κ3) is 5.29. The summed E-state index contributed by atoms with van der Waals surface area (Å²) >= 11 is 0. The van der Waals surface area contributed by atoms with Gasteiger partial charge < -0.3 is 5.32 Å². The largest absolute Gasteiger partial charge is 0.352 e. The summed E-state index contributed by atoms with van der Waals surface area (Å²) in [4.78, 5) is 11.9. The molecular weight excluding hydrogens is 228 g/mol. The zero-order chi connectivity index (χ0) is 13.4. The zero-order valence-corrected chi connectivity index (χ0v) is 11.6. The summed E-state index contributed by atoms with van der Waals surface area (Å²) < 4.78 is 1.58. The highest BCUT2D eigenvalue weighted by molar-refractivity contribution is 5.75. The molecule has 0 aromatic carbocycles. The Hall–Kier alpha value is -1.39. The van der Waals surface area contributed by atoms with Crippen LogP contribution in [0, 0.1) is 6.92 Å². The molecule has 102 valence electrons. The van der Waals surface area contributed by atoms with Gasteiger partial charge in [-0.2, -0.15) is 0 Å². The van der Waals surface area contributed by atoms with E-state index in [1.54, 1.807) is 10.9 Å². The van der Waals surface area contributed by atoms with Crippen molar-refractivity contribution >= 4 is 5.91 Å². The molecule has 1 atom stereocenters. The molecule has 0 spiro atoms. The van der Waals surface area contributed by atoms with Crippen LogP contribution in [0.1, 0.15) is 51.6 Å². The van der Waals surface area contributed by atoms with Gasteiger partial charge in [-0.25, -0.2) is 4.68 Å². The molecule has 0 aliphatic rings. The fraction of sp³-hybridized carbons (Fsp3) is 0.769. The Labute approximate surface area is 109 Å². The normalized spacial score (nSPS) is 12.4. The number of hydrogen-bond acceptors (Lipinski definition) is 3. The summed E-state index contributed by atoms with van der Waals surface area (Å²) in [6.07, 6.45) is 7.30. The lowest BCUT2D eigenvalue weighted by Gasteiger charge is -2.17. The fourth-order valence-corrected chi connectivity index (χ4v) is 1.98. The molecule has 1 unspecified atom stereocenters. The van der Waals surface area contributed by atoms with Crippen molar-refractivity contribution in [2.75, 3.05) is 0 Å². The van der Waals surface area contributed by atoms with E-state index >= 15 is 0 Å². The number of aryl methyl sites for hydroxylation is 1. The van der Waals surface area contributed by atoms with E-state index in [1.165, 1.54) is 6.42 Å². The molecule has 1 rings (SSSR count). The van der Waals surface area contributed by atoms with Crippen LogP contribution < -0.4 is 5.32 Å². The molecule has 0 radical (unpaired) electrons. The van der Waals surface area contributed by atoms with Crippen LogP contribution in [0.25, 0.3) is 0 Å². The number of carbonyl (C=O) groups is 1.